The molecule has 8 nitrogen and oxygen atoms in total. The van der Waals surface area contributed by atoms with Gasteiger partial charge in [-0.05, 0) is 44.5 Å². The Kier molecular flexibility index (Phi) is 9.12. The Hall–Kier alpha value is -2.80. The summed E-state index contributed by atoms with van der Waals surface area (Å²) in [5.74, 6) is -0.00657. The first-order valence-electron chi connectivity index (χ1n) is 13.7. The second-order valence-corrected chi connectivity index (χ2v) is 12.2. The molecule has 0 amide bonds. The van der Waals surface area contributed by atoms with Gasteiger partial charge in [0.05, 0.1) is 28.4 Å². The van der Waals surface area contributed by atoms with Gasteiger partial charge in [0.1, 0.15) is 12.1 Å². The third-order valence-electron chi connectivity index (χ3n) is 7.66. The molecule has 4 heterocycles. The van der Waals surface area contributed by atoms with Gasteiger partial charge in [0.2, 0.25) is 0 Å². The van der Waals surface area contributed by atoms with Crippen LogP contribution >= 0.6 is 22.9 Å². The number of carboxylic acids is 1. The number of anilines is 1. The van der Waals surface area contributed by atoms with Crippen molar-refractivity contribution in [2.45, 2.75) is 51.4 Å². The van der Waals surface area contributed by atoms with Gasteiger partial charge in [-0.15, -0.1) is 11.3 Å². The molecule has 2 aliphatic heterocycles. The van der Waals surface area contributed by atoms with Crippen molar-refractivity contribution in [2.75, 3.05) is 44.2 Å². The van der Waals surface area contributed by atoms with Crippen LogP contribution in [0.3, 0.4) is 0 Å². The van der Waals surface area contributed by atoms with Crippen molar-refractivity contribution in [1.82, 2.24) is 24.8 Å². The average Bonchev–Trinajstić information content (AvgIpc) is 3.52. The third kappa shape index (κ3) is 7.54. The van der Waals surface area contributed by atoms with E-state index in [4.69, 9.17) is 21.7 Å². The fourth-order valence-electron chi connectivity index (χ4n) is 5.38. The summed E-state index contributed by atoms with van der Waals surface area (Å²) in [4.78, 5) is 32.2. The Balaban J connectivity index is 1.37. The normalized spacial score (nSPS) is 18.8. The smallest absolute Gasteiger partial charge is 0.416 e. The number of halogens is 4. The average molecular weight is 609 g/mol. The van der Waals surface area contributed by atoms with Crippen molar-refractivity contribution < 1.29 is 23.1 Å². The number of rotatable bonds is 9. The number of alkyl halides is 3. The van der Waals surface area contributed by atoms with Crippen LogP contribution in [-0.4, -0.2) is 81.1 Å². The summed E-state index contributed by atoms with van der Waals surface area (Å²) in [5, 5.41) is 9.72. The summed E-state index contributed by atoms with van der Waals surface area (Å²) in [7, 11) is 0. The maximum atomic E-state index is 13.6. The number of hydrogen-bond donors (Lipinski definition) is 1. The Labute approximate surface area is 245 Å². The van der Waals surface area contributed by atoms with Crippen LogP contribution in [0, 0.1) is 0 Å². The number of likely N-dealkylation sites (tertiary alicyclic amines) is 1. The number of piperazine rings is 1. The summed E-state index contributed by atoms with van der Waals surface area (Å²) in [6.45, 7) is 7.21. The van der Waals surface area contributed by atoms with Crippen LogP contribution in [0.25, 0.3) is 11.3 Å². The maximum Gasteiger partial charge on any atom is 0.416 e. The quantitative estimate of drug-likeness (QED) is 0.344. The van der Waals surface area contributed by atoms with Gasteiger partial charge >= 0.3 is 12.1 Å². The lowest BCUT2D eigenvalue weighted by Crippen LogP contribution is -2.47. The first-order valence-corrected chi connectivity index (χ1v) is 14.9. The van der Waals surface area contributed by atoms with Gasteiger partial charge < -0.3 is 10.0 Å². The summed E-state index contributed by atoms with van der Waals surface area (Å²) in [6, 6.07) is 5.94. The highest BCUT2D eigenvalue weighted by Crippen LogP contribution is 2.38. The molecule has 2 aromatic heterocycles. The largest absolute Gasteiger partial charge is 0.481 e. The van der Waals surface area contributed by atoms with Gasteiger partial charge in [-0.1, -0.05) is 11.6 Å². The number of aromatic nitrogens is 3. The molecule has 2 fully saturated rings. The molecule has 3 aromatic rings. The van der Waals surface area contributed by atoms with E-state index in [1.807, 2.05) is 6.07 Å². The molecule has 0 radical (unpaired) electrons. The van der Waals surface area contributed by atoms with Crippen LogP contribution < -0.4 is 4.90 Å². The number of nitrogens with zero attached hydrogens (tertiary/aromatic N) is 6. The number of benzene rings is 1. The van der Waals surface area contributed by atoms with Crippen LogP contribution in [0.15, 0.2) is 30.6 Å². The minimum Gasteiger partial charge on any atom is -0.481 e. The van der Waals surface area contributed by atoms with Crippen LogP contribution in [0.1, 0.15) is 47.3 Å². The molecule has 2 saturated heterocycles. The summed E-state index contributed by atoms with van der Waals surface area (Å²) in [5.41, 5.74) is 0.868. The SMILES string of the molecule is C[C@@H]1CCCN1Cc1sc(Cc2cc(N3CCN(CCC(=O)O)CC3)ncn2)nc1-c1cc(Cl)cc(C(F)(F)F)c1. The van der Waals surface area contributed by atoms with Crippen molar-refractivity contribution in [3.8, 4) is 11.3 Å². The number of carboxylic acid groups (broad SMARTS) is 1. The first-order chi connectivity index (χ1) is 19.5. The van der Waals surface area contributed by atoms with E-state index < -0.39 is 17.7 Å². The molecule has 1 aromatic carbocycles. The minimum atomic E-state index is -4.51. The summed E-state index contributed by atoms with van der Waals surface area (Å²) >= 11 is 7.64. The molecule has 1 N–H and O–H groups in total. The zero-order valence-electron chi connectivity index (χ0n) is 22.7. The van der Waals surface area contributed by atoms with Crippen LogP contribution in [0.2, 0.25) is 5.02 Å². The molecule has 13 heteroatoms. The van der Waals surface area contributed by atoms with Gasteiger partial charge in [-0.25, -0.2) is 15.0 Å². The van der Waals surface area contributed by atoms with Crippen molar-refractivity contribution in [3.63, 3.8) is 0 Å². The van der Waals surface area contributed by atoms with Crippen LogP contribution in [0.5, 0.6) is 0 Å². The topological polar surface area (TPSA) is 85.7 Å². The Morgan fingerprint density at radius 2 is 1.90 bits per heavy atom. The van der Waals surface area contributed by atoms with E-state index in [2.05, 4.69) is 31.6 Å². The van der Waals surface area contributed by atoms with E-state index >= 15 is 0 Å². The number of carbonyl (C=O) groups is 1. The number of aliphatic carboxylic acids is 1. The van der Waals surface area contributed by atoms with Crippen molar-refractivity contribution in [2.24, 2.45) is 0 Å². The van der Waals surface area contributed by atoms with Crippen LogP contribution in [0.4, 0.5) is 19.0 Å². The fourth-order valence-corrected chi connectivity index (χ4v) is 6.74. The zero-order chi connectivity index (χ0) is 29.1. The van der Waals surface area contributed by atoms with E-state index in [0.717, 1.165) is 79.1 Å². The van der Waals surface area contributed by atoms with E-state index in [1.54, 1.807) is 6.07 Å². The molecule has 0 bridgehead atoms. The Bertz CT molecular complexity index is 1380. The second kappa shape index (κ2) is 12.6. The monoisotopic (exact) mass is 608 g/mol. The highest BCUT2D eigenvalue weighted by Gasteiger charge is 2.32. The Morgan fingerprint density at radius 3 is 2.59 bits per heavy atom. The molecule has 1 atom stereocenters. The lowest BCUT2D eigenvalue weighted by atomic mass is 10.1. The lowest BCUT2D eigenvalue weighted by Gasteiger charge is -2.35. The molecule has 0 spiro atoms. The van der Waals surface area contributed by atoms with Gasteiger partial charge in [0.25, 0.3) is 0 Å². The van der Waals surface area contributed by atoms with Gasteiger partial charge in [0.15, 0.2) is 0 Å². The molecule has 0 unspecified atom stereocenters. The molecule has 41 heavy (non-hydrogen) atoms. The molecule has 0 aliphatic carbocycles. The first kappa shape index (κ1) is 29.7. The summed E-state index contributed by atoms with van der Waals surface area (Å²) in [6.07, 6.45) is -0.257. The van der Waals surface area contributed by atoms with E-state index in [1.165, 1.54) is 17.7 Å². The minimum absolute atomic E-state index is 0.0216. The predicted octanol–water partition coefficient (Wildman–Crippen LogP) is 5.44. The van der Waals surface area contributed by atoms with Crippen molar-refractivity contribution >= 4 is 34.7 Å². The van der Waals surface area contributed by atoms with Gasteiger partial charge in [-0.2, -0.15) is 13.2 Å². The van der Waals surface area contributed by atoms with E-state index in [-0.39, 0.29) is 11.4 Å². The van der Waals surface area contributed by atoms with E-state index in [0.29, 0.717) is 36.8 Å². The molecule has 5 rings (SSSR count). The molecule has 220 valence electrons. The number of hydrogen-bond acceptors (Lipinski definition) is 8. The lowest BCUT2D eigenvalue weighted by molar-refractivity contribution is -0.138. The van der Waals surface area contributed by atoms with Gasteiger partial charge in [-0.3, -0.25) is 14.6 Å². The maximum absolute atomic E-state index is 13.6. The molecular formula is C28H32ClF3N6O2S. The highest BCUT2D eigenvalue weighted by atomic mass is 35.5. The third-order valence-corrected chi connectivity index (χ3v) is 8.92. The highest BCUT2D eigenvalue weighted by molar-refractivity contribution is 7.12. The Morgan fingerprint density at radius 1 is 1.12 bits per heavy atom. The molecule has 2 aliphatic rings. The molecule has 0 saturated carbocycles. The van der Waals surface area contributed by atoms with Crippen molar-refractivity contribution in [3.05, 3.63) is 56.8 Å². The molecular weight excluding hydrogens is 577 g/mol. The van der Waals surface area contributed by atoms with Crippen molar-refractivity contribution in [1.29, 1.82) is 0 Å². The predicted molar refractivity (Wildman–Crippen MR) is 152 cm³/mol. The van der Waals surface area contributed by atoms with Crippen LogP contribution in [-0.2, 0) is 23.9 Å². The standard InChI is InChI=1S/C28H32ClF3N6O2S/c1-18-3-2-5-38(18)16-23-27(19-11-20(28(30,31)32)13-21(29)12-19)35-25(41-23)15-22-14-24(34-17-33-22)37-9-7-36(8-10-37)6-4-26(39)40/h11-14,17-18H,2-10,15-16H2,1H3,(H,39,40)/t18-/m1/s1. The second-order valence-electron chi connectivity index (χ2n) is 10.6. The van der Waals surface area contributed by atoms with Gasteiger partial charge in [0, 0.05) is 73.3 Å². The zero-order valence-corrected chi connectivity index (χ0v) is 24.3. The fraction of sp³-hybridized carbons (Fsp3) is 0.500. The van der Waals surface area contributed by atoms with E-state index in [9.17, 15) is 18.0 Å². The number of thiazole rings is 1. The summed E-state index contributed by atoms with van der Waals surface area (Å²) < 4.78 is 40.8.